The van der Waals surface area contributed by atoms with E-state index >= 15 is 0 Å². The summed E-state index contributed by atoms with van der Waals surface area (Å²) in [6.45, 7) is 1.90. The number of hydrogen-bond acceptors (Lipinski definition) is 3. The van der Waals surface area contributed by atoms with Gasteiger partial charge in [0.15, 0.2) is 0 Å². The molecule has 0 radical (unpaired) electrons. The van der Waals surface area contributed by atoms with Crippen molar-refractivity contribution in [3.8, 4) is 0 Å². The molecule has 2 aromatic carbocycles. The highest BCUT2D eigenvalue weighted by molar-refractivity contribution is 6.34. The lowest BCUT2D eigenvalue weighted by molar-refractivity contribution is -0.116. The third-order valence-corrected chi connectivity index (χ3v) is 3.71. The van der Waals surface area contributed by atoms with Crippen LogP contribution in [0, 0.1) is 0 Å². The van der Waals surface area contributed by atoms with Gasteiger partial charge in [-0.15, -0.1) is 0 Å². The van der Waals surface area contributed by atoms with Gasteiger partial charge >= 0.3 is 5.97 Å². The summed E-state index contributed by atoms with van der Waals surface area (Å²) in [7, 11) is 0. The summed E-state index contributed by atoms with van der Waals surface area (Å²) < 4.78 is 0. The van der Waals surface area contributed by atoms with Gasteiger partial charge in [-0.1, -0.05) is 30.7 Å². The van der Waals surface area contributed by atoms with Crippen molar-refractivity contribution in [2.75, 3.05) is 10.6 Å². The Morgan fingerprint density at radius 2 is 1.72 bits per heavy atom. The second-order valence-electron chi connectivity index (χ2n) is 5.30. The minimum atomic E-state index is -1.20. The van der Waals surface area contributed by atoms with Crippen molar-refractivity contribution in [1.82, 2.24) is 0 Å². The van der Waals surface area contributed by atoms with E-state index in [4.69, 9.17) is 11.6 Å². The van der Waals surface area contributed by atoms with E-state index in [0.29, 0.717) is 12.1 Å². The fourth-order valence-corrected chi connectivity index (χ4v) is 2.37. The molecule has 7 heteroatoms. The second kappa shape index (κ2) is 8.30. The van der Waals surface area contributed by atoms with Crippen molar-refractivity contribution in [3.63, 3.8) is 0 Å². The van der Waals surface area contributed by atoms with Gasteiger partial charge in [-0.2, -0.15) is 0 Å². The number of aromatic carboxylic acids is 1. The number of carboxylic acids is 1. The van der Waals surface area contributed by atoms with E-state index in [1.165, 1.54) is 24.3 Å². The first kappa shape index (κ1) is 18.5. The van der Waals surface area contributed by atoms with Crippen molar-refractivity contribution in [2.45, 2.75) is 19.8 Å². The Hall–Kier alpha value is -2.86. The summed E-state index contributed by atoms with van der Waals surface area (Å²) in [4.78, 5) is 35.3. The van der Waals surface area contributed by atoms with Gasteiger partial charge in [0.05, 0.1) is 21.8 Å². The van der Waals surface area contributed by atoms with Crippen molar-refractivity contribution in [3.05, 3.63) is 58.6 Å². The number of benzene rings is 2. The number of nitrogens with one attached hydrogen (secondary N) is 2. The van der Waals surface area contributed by atoms with Crippen LogP contribution in [0.5, 0.6) is 0 Å². The molecule has 0 aliphatic heterocycles. The van der Waals surface area contributed by atoms with E-state index < -0.39 is 11.9 Å². The van der Waals surface area contributed by atoms with E-state index in [1.807, 2.05) is 6.92 Å². The number of carbonyl (C=O) groups is 3. The summed E-state index contributed by atoms with van der Waals surface area (Å²) in [6.07, 6.45) is 1.10. The van der Waals surface area contributed by atoms with Crippen LogP contribution in [0.1, 0.15) is 40.5 Å². The lowest BCUT2D eigenvalue weighted by atomic mass is 10.1. The largest absolute Gasteiger partial charge is 0.478 e. The molecule has 0 unspecified atom stereocenters. The second-order valence-corrected chi connectivity index (χ2v) is 5.70. The highest BCUT2D eigenvalue weighted by Gasteiger charge is 2.17. The molecule has 2 aromatic rings. The van der Waals surface area contributed by atoms with Gasteiger partial charge in [0.25, 0.3) is 5.91 Å². The molecule has 0 fully saturated rings. The Morgan fingerprint density at radius 1 is 1.04 bits per heavy atom. The quantitative estimate of drug-likeness (QED) is 0.724. The molecule has 0 saturated heterocycles. The summed E-state index contributed by atoms with van der Waals surface area (Å²) in [6, 6.07) is 10.6. The van der Waals surface area contributed by atoms with Gasteiger partial charge in [-0.3, -0.25) is 9.59 Å². The predicted octanol–water partition coefficient (Wildman–Crippen LogP) is 4.03. The highest BCUT2D eigenvalue weighted by Crippen LogP contribution is 2.26. The average Bonchev–Trinajstić information content (AvgIpc) is 2.58. The SMILES string of the molecule is CCCC(=O)Nc1ccc(Cl)c(NC(=O)c2ccccc2C(=O)O)c1. The molecule has 6 nitrogen and oxygen atoms in total. The maximum atomic E-state index is 12.4. The van der Waals surface area contributed by atoms with E-state index in [2.05, 4.69) is 10.6 Å². The minimum Gasteiger partial charge on any atom is -0.478 e. The number of hydrogen-bond donors (Lipinski definition) is 3. The van der Waals surface area contributed by atoms with Crippen LogP contribution in [0.25, 0.3) is 0 Å². The van der Waals surface area contributed by atoms with Crippen LogP contribution in [0.3, 0.4) is 0 Å². The van der Waals surface area contributed by atoms with Crippen LogP contribution in [-0.2, 0) is 4.79 Å². The standard InChI is InChI=1S/C18H17ClN2O4/c1-2-5-16(22)20-11-8-9-14(19)15(10-11)21-17(23)12-6-3-4-7-13(12)18(24)25/h3-4,6-10H,2,5H2,1H3,(H,20,22)(H,21,23)(H,24,25). The predicted molar refractivity (Wildman–Crippen MR) is 96.3 cm³/mol. The van der Waals surface area contributed by atoms with Crippen molar-refractivity contribution in [2.24, 2.45) is 0 Å². The topological polar surface area (TPSA) is 95.5 Å². The maximum Gasteiger partial charge on any atom is 0.336 e. The molecule has 0 spiro atoms. The first-order valence-corrected chi connectivity index (χ1v) is 8.03. The van der Waals surface area contributed by atoms with Crippen LogP contribution >= 0.6 is 11.6 Å². The molecule has 0 aliphatic rings. The molecule has 0 bridgehead atoms. The summed E-state index contributed by atoms with van der Waals surface area (Å²) in [5, 5.41) is 14.7. The molecular weight excluding hydrogens is 344 g/mol. The van der Waals surface area contributed by atoms with Gasteiger partial charge < -0.3 is 15.7 Å². The molecule has 0 aromatic heterocycles. The molecule has 2 amide bonds. The van der Waals surface area contributed by atoms with Crippen LogP contribution in [0.2, 0.25) is 5.02 Å². The maximum absolute atomic E-state index is 12.4. The summed E-state index contributed by atoms with van der Waals surface area (Å²) in [5.41, 5.74) is 0.681. The molecule has 0 aliphatic carbocycles. The fraction of sp³-hybridized carbons (Fsp3) is 0.167. The smallest absolute Gasteiger partial charge is 0.336 e. The summed E-state index contributed by atoms with van der Waals surface area (Å²) >= 11 is 6.08. The molecule has 0 heterocycles. The van der Waals surface area contributed by atoms with E-state index in [1.54, 1.807) is 18.2 Å². The number of halogens is 1. The molecule has 25 heavy (non-hydrogen) atoms. The zero-order valence-electron chi connectivity index (χ0n) is 13.5. The molecule has 2 rings (SSSR count). The van der Waals surface area contributed by atoms with Crippen molar-refractivity contribution >= 4 is 40.8 Å². The average molecular weight is 361 g/mol. The van der Waals surface area contributed by atoms with Crippen LogP contribution in [0.15, 0.2) is 42.5 Å². The molecule has 3 N–H and O–H groups in total. The number of carbonyl (C=O) groups excluding carboxylic acids is 2. The molecule has 130 valence electrons. The Labute approximate surface area is 149 Å². The highest BCUT2D eigenvalue weighted by atomic mass is 35.5. The fourth-order valence-electron chi connectivity index (χ4n) is 2.21. The lowest BCUT2D eigenvalue weighted by Crippen LogP contribution is -2.17. The van der Waals surface area contributed by atoms with Crippen LogP contribution < -0.4 is 10.6 Å². The Kier molecular flexibility index (Phi) is 6.14. The zero-order valence-corrected chi connectivity index (χ0v) is 14.3. The molecule has 0 atom stereocenters. The third-order valence-electron chi connectivity index (χ3n) is 3.38. The van der Waals surface area contributed by atoms with Gasteiger partial charge in [0.2, 0.25) is 5.91 Å². The first-order chi connectivity index (χ1) is 11.9. The van der Waals surface area contributed by atoms with Crippen molar-refractivity contribution < 1.29 is 19.5 Å². The van der Waals surface area contributed by atoms with Gasteiger partial charge in [-0.25, -0.2) is 4.79 Å². The zero-order chi connectivity index (χ0) is 18.4. The molecular formula is C18H17ClN2O4. The Balaban J connectivity index is 2.23. The van der Waals surface area contributed by atoms with Crippen LogP contribution in [-0.4, -0.2) is 22.9 Å². The Morgan fingerprint density at radius 3 is 2.36 bits per heavy atom. The lowest BCUT2D eigenvalue weighted by Gasteiger charge is -2.11. The normalized spacial score (nSPS) is 10.2. The van der Waals surface area contributed by atoms with E-state index in [0.717, 1.165) is 6.42 Å². The first-order valence-electron chi connectivity index (χ1n) is 7.65. The van der Waals surface area contributed by atoms with E-state index in [-0.39, 0.29) is 27.7 Å². The van der Waals surface area contributed by atoms with Crippen molar-refractivity contribution in [1.29, 1.82) is 0 Å². The molecule has 0 saturated carbocycles. The minimum absolute atomic E-state index is 0.0199. The number of carboxylic acid groups (broad SMARTS) is 1. The Bertz CT molecular complexity index is 820. The van der Waals surface area contributed by atoms with Gasteiger partial charge in [0.1, 0.15) is 0 Å². The van der Waals surface area contributed by atoms with E-state index in [9.17, 15) is 19.5 Å². The van der Waals surface area contributed by atoms with Crippen LogP contribution in [0.4, 0.5) is 11.4 Å². The third kappa shape index (κ3) is 4.81. The number of amides is 2. The monoisotopic (exact) mass is 360 g/mol. The summed E-state index contributed by atoms with van der Waals surface area (Å²) in [5.74, 6) is -1.94. The van der Waals surface area contributed by atoms with Gasteiger partial charge in [-0.05, 0) is 36.8 Å². The number of rotatable bonds is 6. The number of anilines is 2. The van der Waals surface area contributed by atoms with Gasteiger partial charge in [0, 0.05) is 12.1 Å².